The Bertz CT molecular complexity index is 993. The molecule has 148 valence electrons. The lowest BCUT2D eigenvalue weighted by molar-refractivity contribution is -0.119. The Morgan fingerprint density at radius 3 is 2.66 bits per heavy atom. The summed E-state index contributed by atoms with van der Waals surface area (Å²) in [6.07, 6.45) is 1.57. The van der Waals surface area contributed by atoms with E-state index in [-0.39, 0.29) is 12.5 Å². The molecular weight excluding hydrogens is 454 g/mol. The minimum Gasteiger partial charge on any atom is -0.488 e. The average Bonchev–Trinajstić information content (AvgIpc) is 2.73. The molecule has 1 amide bonds. The van der Waals surface area contributed by atoms with Crippen LogP contribution in [0.15, 0.2) is 82.4 Å². The van der Waals surface area contributed by atoms with Gasteiger partial charge in [-0.2, -0.15) is 5.10 Å². The van der Waals surface area contributed by atoms with E-state index in [0.717, 1.165) is 21.3 Å². The van der Waals surface area contributed by atoms with Crippen molar-refractivity contribution in [3.05, 3.63) is 93.4 Å². The molecule has 0 aliphatic carbocycles. The molecule has 0 spiro atoms. The van der Waals surface area contributed by atoms with E-state index in [4.69, 9.17) is 16.3 Å². The molecular formula is C22H19BrClN3O2. The highest BCUT2D eigenvalue weighted by molar-refractivity contribution is 9.10. The van der Waals surface area contributed by atoms with E-state index in [0.29, 0.717) is 17.4 Å². The zero-order chi connectivity index (χ0) is 20.5. The summed E-state index contributed by atoms with van der Waals surface area (Å²) in [5, 5.41) is 7.67. The predicted octanol–water partition coefficient (Wildman–Crippen LogP) is 5.24. The van der Waals surface area contributed by atoms with Crippen LogP contribution in [-0.4, -0.2) is 18.7 Å². The maximum atomic E-state index is 12.0. The van der Waals surface area contributed by atoms with Crippen LogP contribution in [0.4, 0.5) is 5.69 Å². The van der Waals surface area contributed by atoms with Crippen LogP contribution in [0, 0.1) is 0 Å². The van der Waals surface area contributed by atoms with Gasteiger partial charge in [-0.05, 0) is 54.1 Å². The zero-order valence-corrected chi connectivity index (χ0v) is 17.8. The van der Waals surface area contributed by atoms with Crippen molar-refractivity contribution in [3.63, 3.8) is 0 Å². The van der Waals surface area contributed by atoms with E-state index in [1.807, 2.05) is 48.5 Å². The van der Waals surface area contributed by atoms with Gasteiger partial charge in [-0.3, -0.25) is 4.79 Å². The number of nitrogens with one attached hydrogen (secondary N) is 2. The van der Waals surface area contributed by atoms with E-state index in [2.05, 4.69) is 31.8 Å². The van der Waals surface area contributed by atoms with Crippen molar-refractivity contribution < 1.29 is 9.53 Å². The summed E-state index contributed by atoms with van der Waals surface area (Å²) >= 11 is 9.29. The fraction of sp³-hybridized carbons (Fsp3) is 0.0909. The minimum absolute atomic E-state index is 0.0972. The Hall–Kier alpha value is -2.83. The molecule has 3 rings (SSSR count). The number of hydrogen-bond acceptors (Lipinski definition) is 4. The van der Waals surface area contributed by atoms with E-state index in [9.17, 15) is 4.79 Å². The number of nitrogens with zero attached hydrogens (tertiary/aromatic N) is 1. The molecule has 2 N–H and O–H groups in total. The highest BCUT2D eigenvalue weighted by Crippen LogP contribution is 2.19. The smallest absolute Gasteiger partial charge is 0.259 e. The van der Waals surface area contributed by atoms with Gasteiger partial charge in [-0.1, -0.05) is 51.8 Å². The summed E-state index contributed by atoms with van der Waals surface area (Å²) in [6.45, 7) is 0.529. The molecule has 0 bridgehead atoms. The van der Waals surface area contributed by atoms with Gasteiger partial charge in [0.25, 0.3) is 5.91 Å². The molecule has 0 unspecified atom stereocenters. The number of hydrazone groups is 1. The maximum Gasteiger partial charge on any atom is 0.259 e. The first-order valence-electron chi connectivity index (χ1n) is 8.88. The Kier molecular flexibility index (Phi) is 7.67. The Morgan fingerprint density at radius 1 is 1.07 bits per heavy atom. The Balaban J connectivity index is 1.52. The number of anilines is 1. The summed E-state index contributed by atoms with van der Waals surface area (Å²) in [5.41, 5.74) is 5.13. The maximum absolute atomic E-state index is 12.0. The summed E-state index contributed by atoms with van der Waals surface area (Å²) in [5.74, 6) is 0.425. The second-order valence-electron chi connectivity index (χ2n) is 6.11. The van der Waals surface area contributed by atoms with E-state index in [1.165, 1.54) is 0 Å². The molecule has 0 fully saturated rings. The van der Waals surface area contributed by atoms with Gasteiger partial charge in [0.15, 0.2) is 0 Å². The lowest BCUT2D eigenvalue weighted by Gasteiger charge is -2.09. The van der Waals surface area contributed by atoms with Crippen LogP contribution in [0.25, 0.3) is 0 Å². The number of carbonyl (C=O) groups excluding carboxylic acids is 1. The van der Waals surface area contributed by atoms with Gasteiger partial charge in [-0.25, -0.2) is 5.43 Å². The summed E-state index contributed by atoms with van der Waals surface area (Å²) in [6, 6.07) is 22.6. The van der Waals surface area contributed by atoms with Gasteiger partial charge < -0.3 is 10.1 Å². The Morgan fingerprint density at radius 2 is 1.86 bits per heavy atom. The molecule has 0 radical (unpaired) electrons. The first-order valence-corrected chi connectivity index (χ1v) is 10.0. The van der Waals surface area contributed by atoms with Gasteiger partial charge in [-0.15, -0.1) is 0 Å². The zero-order valence-electron chi connectivity index (χ0n) is 15.4. The molecule has 0 aliphatic heterocycles. The predicted molar refractivity (Wildman–Crippen MR) is 121 cm³/mol. The summed E-state index contributed by atoms with van der Waals surface area (Å²) < 4.78 is 6.91. The highest BCUT2D eigenvalue weighted by Gasteiger charge is 2.03. The first-order chi connectivity index (χ1) is 14.1. The summed E-state index contributed by atoms with van der Waals surface area (Å²) in [7, 11) is 0. The molecule has 0 atom stereocenters. The normalized spacial score (nSPS) is 10.7. The molecule has 0 aromatic heterocycles. The van der Waals surface area contributed by atoms with Crippen molar-refractivity contribution in [2.24, 2.45) is 5.10 Å². The average molecular weight is 473 g/mol. The second kappa shape index (κ2) is 10.6. The third-order valence-corrected chi connectivity index (χ3v) is 4.64. The van der Waals surface area contributed by atoms with E-state index >= 15 is 0 Å². The quantitative estimate of drug-likeness (QED) is 0.348. The van der Waals surface area contributed by atoms with E-state index < -0.39 is 0 Å². The third-order valence-electron chi connectivity index (χ3n) is 3.89. The largest absolute Gasteiger partial charge is 0.488 e. The number of hydrogen-bond donors (Lipinski definition) is 2. The molecule has 7 heteroatoms. The second-order valence-corrected chi connectivity index (χ2v) is 7.46. The van der Waals surface area contributed by atoms with Crippen molar-refractivity contribution >= 4 is 45.3 Å². The monoisotopic (exact) mass is 471 g/mol. The van der Waals surface area contributed by atoms with E-state index in [1.54, 1.807) is 30.5 Å². The lowest BCUT2D eigenvalue weighted by Crippen LogP contribution is -2.25. The van der Waals surface area contributed by atoms with Crippen molar-refractivity contribution in [1.29, 1.82) is 0 Å². The highest BCUT2D eigenvalue weighted by atomic mass is 79.9. The number of carbonyl (C=O) groups is 1. The van der Waals surface area contributed by atoms with Crippen LogP contribution in [0.1, 0.15) is 11.1 Å². The number of ether oxygens (including phenoxy) is 1. The van der Waals surface area contributed by atoms with Crippen molar-refractivity contribution in [2.75, 3.05) is 11.9 Å². The SMILES string of the molecule is O=C(CNc1ccc(Cl)cc1)N/N=C\c1ccccc1OCc1cccc(Br)c1. The van der Waals surface area contributed by atoms with Crippen molar-refractivity contribution in [3.8, 4) is 5.75 Å². The topological polar surface area (TPSA) is 62.7 Å². The number of amides is 1. The summed E-state index contributed by atoms with van der Waals surface area (Å²) in [4.78, 5) is 12.0. The molecule has 0 aliphatic rings. The van der Waals surface area contributed by atoms with Crippen LogP contribution >= 0.6 is 27.5 Å². The molecule has 0 saturated carbocycles. The number of rotatable bonds is 8. The number of halogens is 2. The fourth-order valence-corrected chi connectivity index (χ4v) is 3.04. The molecule has 5 nitrogen and oxygen atoms in total. The lowest BCUT2D eigenvalue weighted by atomic mass is 10.2. The van der Waals surface area contributed by atoms with Gasteiger partial charge in [0.1, 0.15) is 12.4 Å². The minimum atomic E-state index is -0.260. The molecule has 0 saturated heterocycles. The molecule has 0 heterocycles. The third kappa shape index (κ3) is 6.93. The molecule has 3 aromatic carbocycles. The number of benzene rings is 3. The van der Waals surface area contributed by atoms with Gasteiger partial charge in [0.2, 0.25) is 0 Å². The van der Waals surface area contributed by atoms with Gasteiger partial charge in [0.05, 0.1) is 12.8 Å². The Labute approximate surface area is 182 Å². The first kappa shape index (κ1) is 20.9. The van der Waals surface area contributed by atoms with Crippen LogP contribution in [0.2, 0.25) is 5.02 Å². The van der Waals surface area contributed by atoms with Crippen molar-refractivity contribution in [1.82, 2.24) is 5.43 Å². The molecule has 3 aromatic rings. The van der Waals surface area contributed by atoms with Crippen LogP contribution < -0.4 is 15.5 Å². The van der Waals surface area contributed by atoms with Gasteiger partial charge in [0, 0.05) is 20.7 Å². The van der Waals surface area contributed by atoms with Crippen LogP contribution in [0.5, 0.6) is 5.75 Å². The standard InChI is InChI=1S/C22H19BrClN3O2/c23-18-6-3-4-16(12-18)15-29-21-7-2-1-5-17(21)13-26-27-22(28)14-25-20-10-8-19(24)9-11-20/h1-13,25H,14-15H2,(H,27,28)/b26-13-. The number of para-hydroxylation sites is 1. The van der Waals surface area contributed by atoms with Crippen LogP contribution in [-0.2, 0) is 11.4 Å². The fourth-order valence-electron chi connectivity index (χ4n) is 2.47. The molecule has 29 heavy (non-hydrogen) atoms. The van der Waals surface area contributed by atoms with Gasteiger partial charge >= 0.3 is 0 Å². The van der Waals surface area contributed by atoms with Crippen molar-refractivity contribution in [2.45, 2.75) is 6.61 Å². The van der Waals surface area contributed by atoms with Crippen LogP contribution in [0.3, 0.4) is 0 Å².